The van der Waals surface area contributed by atoms with Crippen LogP contribution in [-0.4, -0.2) is 36.2 Å². The Balaban J connectivity index is 4.05. The van der Waals surface area contributed by atoms with E-state index in [1.54, 1.807) is 6.92 Å². The van der Waals surface area contributed by atoms with Gasteiger partial charge in [-0.05, 0) is 19.3 Å². The average molecular weight is 217 g/mol. The number of hydrogen-bond donors (Lipinski definition) is 2. The first-order valence-corrected chi connectivity index (χ1v) is 5.07. The smallest absolute Gasteiger partial charge is 0.326 e. The first-order chi connectivity index (χ1) is 6.97. The summed E-state index contributed by atoms with van der Waals surface area (Å²) in [5.74, 6) is -1.17. The summed E-state index contributed by atoms with van der Waals surface area (Å²) >= 11 is 0. The van der Waals surface area contributed by atoms with E-state index in [0.717, 1.165) is 0 Å². The standard InChI is InChI=1S/C10H19NO4/c1-4-15-6-9(12)11-8(10(13)14)5-7(2)3/h7-8H,4-6H2,1-3H3,(H,11,12)(H,13,14)/t8-/m0/s1. The predicted molar refractivity (Wildman–Crippen MR) is 55.5 cm³/mol. The number of amides is 1. The first-order valence-electron chi connectivity index (χ1n) is 5.07. The van der Waals surface area contributed by atoms with Crippen molar-refractivity contribution in [3.63, 3.8) is 0 Å². The van der Waals surface area contributed by atoms with Gasteiger partial charge in [0.1, 0.15) is 12.6 Å². The SMILES string of the molecule is CCOCC(=O)N[C@@H](CC(C)C)C(=O)O. The molecule has 5 nitrogen and oxygen atoms in total. The second-order valence-electron chi connectivity index (χ2n) is 3.73. The Morgan fingerprint density at radius 1 is 1.40 bits per heavy atom. The van der Waals surface area contributed by atoms with Gasteiger partial charge in [0.2, 0.25) is 5.91 Å². The average Bonchev–Trinajstić information content (AvgIpc) is 2.12. The molecule has 0 rings (SSSR count). The van der Waals surface area contributed by atoms with E-state index in [9.17, 15) is 9.59 Å². The summed E-state index contributed by atoms with van der Waals surface area (Å²) in [5.41, 5.74) is 0. The third-order valence-electron chi connectivity index (χ3n) is 1.78. The second kappa shape index (κ2) is 7.23. The minimum atomic E-state index is -1.01. The van der Waals surface area contributed by atoms with Gasteiger partial charge in [-0.15, -0.1) is 0 Å². The molecule has 0 aliphatic rings. The van der Waals surface area contributed by atoms with Crippen molar-refractivity contribution < 1.29 is 19.4 Å². The van der Waals surface area contributed by atoms with Gasteiger partial charge in [-0.3, -0.25) is 4.79 Å². The Bertz CT molecular complexity index is 215. The fourth-order valence-corrected chi connectivity index (χ4v) is 1.12. The summed E-state index contributed by atoms with van der Waals surface area (Å²) in [7, 11) is 0. The van der Waals surface area contributed by atoms with Gasteiger partial charge in [0.15, 0.2) is 0 Å². The molecule has 0 heterocycles. The van der Waals surface area contributed by atoms with Gasteiger partial charge in [-0.25, -0.2) is 4.79 Å². The molecule has 2 N–H and O–H groups in total. The van der Waals surface area contributed by atoms with Crippen molar-refractivity contribution >= 4 is 11.9 Å². The quantitative estimate of drug-likeness (QED) is 0.656. The van der Waals surface area contributed by atoms with Gasteiger partial charge in [0, 0.05) is 6.61 Å². The van der Waals surface area contributed by atoms with E-state index in [0.29, 0.717) is 13.0 Å². The van der Waals surface area contributed by atoms with Crippen molar-refractivity contribution in [2.75, 3.05) is 13.2 Å². The fraction of sp³-hybridized carbons (Fsp3) is 0.800. The van der Waals surface area contributed by atoms with Crippen LogP contribution in [0.4, 0.5) is 0 Å². The van der Waals surface area contributed by atoms with Crippen molar-refractivity contribution in [2.45, 2.75) is 33.2 Å². The van der Waals surface area contributed by atoms with E-state index in [4.69, 9.17) is 9.84 Å². The predicted octanol–water partition coefficient (Wildman–Crippen LogP) is 0.638. The van der Waals surface area contributed by atoms with Crippen LogP contribution in [0.1, 0.15) is 27.2 Å². The molecule has 0 fully saturated rings. The summed E-state index contributed by atoms with van der Waals surface area (Å²) in [6, 6.07) is -0.821. The molecule has 88 valence electrons. The van der Waals surface area contributed by atoms with E-state index < -0.39 is 12.0 Å². The van der Waals surface area contributed by atoms with Gasteiger partial charge in [-0.1, -0.05) is 13.8 Å². The van der Waals surface area contributed by atoms with Crippen molar-refractivity contribution in [3.05, 3.63) is 0 Å². The highest BCUT2D eigenvalue weighted by atomic mass is 16.5. The molecule has 15 heavy (non-hydrogen) atoms. The lowest BCUT2D eigenvalue weighted by molar-refractivity contribution is -0.143. The number of carboxylic acids is 1. The molecule has 0 aliphatic heterocycles. The van der Waals surface area contributed by atoms with E-state index in [1.165, 1.54) is 0 Å². The minimum Gasteiger partial charge on any atom is -0.480 e. The molecule has 0 radical (unpaired) electrons. The van der Waals surface area contributed by atoms with Gasteiger partial charge >= 0.3 is 5.97 Å². The zero-order valence-electron chi connectivity index (χ0n) is 9.45. The molecule has 0 unspecified atom stereocenters. The largest absolute Gasteiger partial charge is 0.480 e. The maximum Gasteiger partial charge on any atom is 0.326 e. The van der Waals surface area contributed by atoms with E-state index in [1.807, 2.05) is 13.8 Å². The summed E-state index contributed by atoms with van der Waals surface area (Å²) in [5, 5.41) is 11.3. The number of nitrogens with one attached hydrogen (secondary N) is 1. The van der Waals surface area contributed by atoms with Gasteiger partial charge < -0.3 is 15.2 Å². The van der Waals surface area contributed by atoms with Crippen LogP contribution in [-0.2, 0) is 14.3 Å². The van der Waals surface area contributed by atoms with Crippen LogP contribution >= 0.6 is 0 Å². The van der Waals surface area contributed by atoms with Crippen LogP contribution in [0.5, 0.6) is 0 Å². The normalized spacial score (nSPS) is 12.5. The highest BCUT2D eigenvalue weighted by Crippen LogP contribution is 2.04. The van der Waals surface area contributed by atoms with Gasteiger partial charge in [-0.2, -0.15) is 0 Å². The summed E-state index contributed by atoms with van der Waals surface area (Å²) in [4.78, 5) is 22.0. The molecule has 0 saturated carbocycles. The number of hydrogen-bond acceptors (Lipinski definition) is 3. The molecule has 0 aliphatic carbocycles. The fourth-order valence-electron chi connectivity index (χ4n) is 1.12. The molecule has 0 bridgehead atoms. The number of carbonyl (C=O) groups is 2. The molecule has 0 aromatic rings. The maximum absolute atomic E-state index is 11.2. The summed E-state index contributed by atoms with van der Waals surface area (Å²) in [6.07, 6.45) is 0.424. The minimum absolute atomic E-state index is 0.0849. The van der Waals surface area contributed by atoms with Gasteiger partial charge in [0.05, 0.1) is 0 Å². The first kappa shape index (κ1) is 13.9. The van der Waals surface area contributed by atoms with Crippen LogP contribution in [0.25, 0.3) is 0 Å². The molecular formula is C10H19NO4. The summed E-state index contributed by atoms with van der Waals surface area (Å²) < 4.78 is 4.88. The number of aliphatic carboxylic acids is 1. The number of carboxylic acid groups (broad SMARTS) is 1. The Kier molecular flexibility index (Phi) is 6.70. The third-order valence-corrected chi connectivity index (χ3v) is 1.78. The van der Waals surface area contributed by atoms with E-state index in [2.05, 4.69) is 5.32 Å². The lowest BCUT2D eigenvalue weighted by atomic mass is 10.0. The van der Waals surface area contributed by atoms with E-state index >= 15 is 0 Å². The Labute approximate surface area is 89.8 Å². The zero-order valence-corrected chi connectivity index (χ0v) is 9.45. The highest BCUT2D eigenvalue weighted by molar-refractivity contribution is 5.84. The summed E-state index contributed by atoms with van der Waals surface area (Å²) in [6.45, 7) is 5.94. The van der Waals surface area contributed by atoms with Crippen LogP contribution in [0.15, 0.2) is 0 Å². The zero-order chi connectivity index (χ0) is 11.8. The van der Waals surface area contributed by atoms with Crippen LogP contribution in [0, 0.1) is 5.92 Å². The lowest BCUT2D eigenvalue weighted by Gasteiger charge is -2.16. The van der Waals surface area contributed by atoms with Crippen LogP contribution < -0.4 is 5.32 Å². The molecule has 0 aromatic heterocycles. The molecule has 0 aromatic carbocycles. The monoisotopic (exact) mass is 217 g/mol. The number of rotatable bonds is 7. The van der Waals surface area contributed by atoms with Crippen molar-refractivity contribution in [1.82, 2.24) is 5.32 Å². The number of ether oxygens (including phenoxy) is 1. The Morgan fingerprint density at radius 2 is 2.00 bits per heavy atom. The maximum atomic E-state index is 11.2. The highest BCUT2D eigenvalue weighted by Gasteiger charge is 2.20. The van der Waals surface area contributed by atoms with Crippen LogP contribution in [0.2, 0.25) is 0 Å². The molecular weight excluding hydrogens is 198 g/mol. The third kappa shape index (κ3) is 6.90. The van der Waals surface area contributed by atoms with E-state index in [-0.39, 0.29) is 18.4 Å². The molecule has 0 saturated heterocycles. The van der Waals surface area contributed by atoms with Crippen LogP contribution in [0.3, 0.4) is 0 Å². The molecule has 0 spiro atoms. The number of carbonyl (C=O) groups excluding carboxylic acids is 1. The van der Waals surface area contributed by atoms with Crippen molar-refractivity contribution in [1.29, 1.82) is 0 Å². The lowest BCUT2D eigenvalue weighted by Crippen LogP contribution is -2.43. The Hall–Kier alpha value is -1.10. The van der Waals surface area contributed by atoms with Crippen molar-refractivity contribution in [3.8, 4) is 0 Å². The van der Waals surface area contributed by atoms with Gasteiger partial charge in [0.25, 0.3) is 0 Å². The second-order valence-corrected chi connectivity index (χ2v) is 3.73. The topological polar surface area (TPSA) is 75.6 Å². The molecule has 5 heteroatoms. The molecule has 1 atom stereocenters. The molecule has 1 amide bonds. The Morgan fingerprint density at radius 3 is 2.40 bits per heavy atom. The van der Waals surface area contributed by atoms with Crippen molar-refractivity contribution in [2.24, 2.45) is 5.92 Å².